The number of aryl methyl sites for hydroxylation is 3. The molecule has 4 aromatic rings. The number of benzene rings is 2. The number of ether oxygens (including phenoxy) is 2. The molecule has 0 N–H and O–H groups in total. The van der Waals surface area contributed by atoms with Crippen molar-refractivity contribution in [3.8, 4) is 11.5 Å². The normalized spacial score (nSPS) is 11.2. The van der Waals surface area contributed by atoms with Crippen LogP contribution in [0.5, 0.6) is 11.5 Å². The van der Waals surface area contributed by atoms with Gasteiger partial charge in [-0.25, -0.2) is 9.50 Å². The van der Waals surface area contributed by atoms with Crippen molar-refractivity contribution in [1.29, 1.82) is 0 Å². The molecule has 0 amide bonds. The number of rotatable bonds is 5. The Morgan fingerprint density at radius 2 is 1.72 bits per heavy atom. The Hall–Kier alpha value is -3.41. The molecule has 0 spiro atoms. The van der Waals surface area contributed by atoms with Crippen LogP contribution in [0.4, 0.5) is 0 Å². The Balaban J connectivity index is 1.49. The lowest BCUT2D eigenvalue weighted by molar-refractivity contribution is -0.134. The first kappa shape index (κ1) is 18.9. The summed E-state index contributed by atoms with van der Waals surface area (Å²) in [6.45, 7) is 5.91. The molecule has 0 saturated heterocycles. The summed E-state index contributed by atoms with van der Waals surface area (Å²) in [5, 5.41) is 6.50. The molecule has 0 aliphatic rings. The number of hydrogen-bond acceptors (Lipinski definition) is 5. The molecular weight excluding hydrogens is 366 g/mol. The molecule has 29 heavy (non-hydrogen) atoms. The van der Waals surface area contributed by atoms with Crippen LogP contribution in [0.25, 0.3) is 16.4 Å². The molecule has 2 heterocycles. The molecule has 6 heteroatoms. The van der Waals surface area contributed by atoms with E-state index < -0.39 is 0 Å². The van der Waals surface area contributed by atoms with Crippen molar-refractivity contribution < 1.29 is 14.3 Å². The second-order valence-corrected chi connectivity index (χ2v) is 7.17. The van der Waals surface area contributed by atoms with Crippen molar-refractivity contribution in [2.75, 3.05) is 7.11 Å². The van der Waals surface area contributed by atoms with E-state index in [0.717, 1.165) is 44.8 Å². The Bertz CT molecular complexity index is 1230. The van der Waals surface area contributed by atoms with Crippen LogP contribution in [0.15, 0.2) is 42.5 Å². The van der Waals surface area contributed by atoms with Gasteiger partial charge in [-0.3, -0.25) is 4.79 Å². The summed E-state index contributed by atoms with van der Waals surface area (Å²) in [6, 6.07) is 13.4. The molecule has 0 saturated carbocycles. The van der Waals surface area contributed by atoms with E-state index in [0.29, 0.717) is 12.2 Å². The summed E-state index contributed by atoms with van der Waals surface area (Å²) in [5.41, 5.74) is 4.70. The van der Waals surface area contributed by atoms with Crippen molar-refractivity contribution in [3.63, 3.8) is 0 Å². The molecule has 4 rings (SSSR count). The number of aromatic nitrogens is 3. The van der Waals surface area contributed by atoms with Crippen molar-refractivity contribution in [2.24, 2.45) is 0 Å². The molecule has 6 nitrogen and oxygen atoms in total. The van der Waals surface area contributed by atoms with E-state index in [9.17, 15) is 4.79 Å². The molecule has 0 bridgehead atoms. The quantitative estimate of drug-likeness (QED) is 0.375. The second kappa shape index (κ2) is 7.54. The van der Waals surface area contributed by atoms with Crippen LogP contribution in [-0.2, 0) is 11.2 Å². The zero-order chi connectivity index (χ0) is 20.5. The third-order valence-electron chi connectivity index (χ3n) is 5.12. The maximum Gasteiger partial charge on any atom is 0.311 e. The zero-order valence-corrected chi connectivity index (χ0v) is 17.0. The lowest BCUT2D eigenvalue weighted by atomic mass is 10.1. The van der Waals surface area contributed by atoms with Crippen LogP contribution in [0, 0.1) is 20.8 Å². The van der Waals surface area contributed by atoms with E-state index >= 15 is 0 Å². The summed E-state index contributed by atoms with van der Waals surface area (Å²) in [5.74, 6) is 1.02. The number of methoxy groups -OCH3 is 1. The molecule has 2 aromatic heterocycles. The van der Waals surface area contributed by atoms with Gasteiger partial charge in [-0.05, 0) is 67.8 Å². The van der Waals surface area contributed by atoms with Gasteiger partial charge >= 0.3 is 5.97 Å². The van der Waals surface area contributed by atoms with E-state index in [1.807, 2.05) is 67.8 Å². The van der Waals surface area contributed by atoms with Crippen molar-refractivity contribution >= 4 is 22.4 Å². The van der Waals surface area contributed by atoms with Crippen LogP contribution in [-0.4, -0.2) is 27.7 Å². The maximum absolute atomic E-state index is 12.4. The fourth-order valence-corrected chi connectivity index (χ4v) is 3.61. The van der Waals surface area contributed by atoms with Gasteiger partial charge in [0.25, 0.3) is 0 Å². The van der Waals surface area contributed by atoms with Crippen LogP contribution in [0.1, 0.15) is 29.1 Å². The number of esters is 1. The summed E-state index contributed by atoms with van der Waals surface area (Å²) in [4.78, 5) is 17.1. The van der Waals surface area contributed by atoms with Gasteiger partial charge in [-0.1, -0.05) is 12.1 Å². The minimum atomic E-state index is -0.275. The van der Waals surface area contributed by atoms with Gasteiger partial charge in [0, 0.05) is 17.5 Å². The minimum absolute atomic E-state index is 0.269. The monoisotopic (exact) mass is 389 g/mol. The maximum atomic E-state index is 12.4. The first-order valence-electron chi connectivity index (χ1n) is 9.55. The Morgan fingerprint density at radius 1 is 1.00 bits per heavy atom. The lowest BCUT2D eigenvalue weighted by Gasteiger charge is -2.11. The third-order valence-corrected chi connectivity index (χ3v) is 5.12. The molecule has 148 valence electrons. The van der Waals surface area contributed by atoms with Gasteiger partial charge in [-0.2, -0.15) is 5.10 Å². The fraction of sp³-hybridized carbons (Fsp3) is 0.261. The highest BCUT2D eigenvalue weighted by Gasteiger charge is 2.14. The van der Waals surface area contributed by atoms with Crippen LogP contribution < -0.4 is 9.47 Å². The highest BCUT2D eigenvalue weighted by molar-refractivity contribution is 5.86. The Morgan fingerprint density at radius 3 is 2.48 bits per heavy atom. The van der Waals surface area contributed by atoms with Crippen molar-refractivity contribution in [1.82, 2.24) is 14.6 Å². The van der Waals surface area contributed by atoms with Crippen molar-refractivity contribution in [3.05, 3.63) is 65.1 Å². The largest absolute Gasteiger partial charge is 0.497 e. The van der Waals surface area contributed by atoms with E-state index in [2.05, 4.69) is 10.1 Å². The van der Waals surface area contributed by atoms with Gasteiger partial charge in [-0.15, -0.1) is 0 Å². The first-order chi connectivity index (χ1) is 13.9. The van der Waals surface area contributed by atoms with E-state index in [1.54, 1.807) is 7.11 Å². The smallest absolute Gasteiger partial charge is 0.311 e. The summed E-state index contributed by atoms with van der Waals surface area (Å²) >= 11 is 0. The third kappa shape index (κ3) is 3.78. The van der Waals surface area contributed by atoms with Crippen LogP contribution >= 0.6 is 0 Å². The molecule has 0 aliphatic carbocycles. The summed E-state index contributed by atoms with van der Waals surface area (Å²) in [6.07, 6.45) is 0.824. The van der Waals surface area contributed by atoms with Gasteiger partial charge in [0.15, 0.2) is 5.65 Å². The molecule has 0 unspecified atom stereocenters. The van der Waals surface area contributed by atoms with Crippen molar-refractivity contribution in [2.45, 2.75) is 33.6 Å². The Labute approximate surface area is 169 Å². The average Bonchev–Trinajstić information content (AvgIpc) is 3.07. The zero-order valence-electron chi connectivity index (χ0n) is 17.0. The first-order valence-corrected chi connectivity index (χ1v) is 9.55. The van der Waals surface area contributed by atoms with Gasteiger partial charge in [0.1, 0.15) is 11.5 Å². The number of hydrogen-bond donors (Lipinski definition) is 0. The molecular formula is C23H23N3O3. The lowest BCUT2D eigenvalue weighted by Crippen LogP contribution is -2.12. The standard InChI is InChI=1S/C23H23N3O3/c1-14-11-22-24-15(2)21(16(3)26(22)25-14)9-10-23(27)29-20-8-6-17-5-7-19(28-4)12-18(17)13-20/h5-8,11-13H,9-10H2,1-4H3. The van der Waals surface area contributed by atoms with Gasteiger partial charge < -0.3 is 9.47 Å². The number of carbonyl (C=O) groups is 1. The molecule has 0 fully saturated rings. The summed E-state index contributed by atoms with van der Waals surface area (Å²) < 4.78 is 12.7. The topological polar surface area (TPSA) is 65.7 Å². The average molecular weight is 389 g/mol. The minimum Gasteiger partial charge on any atom is -0.497 e. The van der Waals surface area contributed by atoms with Crippen LogP contribution in [0.3, 0.4) is 0 Å². The number of carbonyl (C=O) groups excluding carboxylic acids is 1. The molecule has 0 radical (unpaired) electrons. The number of nitrogens with zero attached hydrogens (tertiary/aromatic N) is 3. The predicted octanol–water partition coefficient (Wildman–Crippen LogP) is 4.35. The highest BCUT2D eigenvalue weighted by Crippen LogP contribution is 2.25. The molecule has 0 aliphatic heterocycles. The Kier molecular flexibility index (Phi) is 4.92. The van der Waals surface area contributed by atoms with Gasteiger partial charge in [0.05, 0.1) is 19.2 Å². The molecule has 0 atom stereocenters. The number of fused-ring (bicyclic) bond motifs is 2. The van der Waals surface area contributed by atoms with Crippen LogP contribution in [0.2, 0.25) is 0 Å². The second-order valence-electron chi connectivity index (χ2n) is 7.17. The summed E-state index contributed by atoms with van der Waals surface area (Å²) in [7, 11) is 1.63. The van der Waals surface area contributed by atoms with E-state index in [1.165, 1.54) is 0 Å². The molecule has 2 aromatic carbocycles. The van der Waals surface area contributed by atoms with E-state index in [4.69, 9.17) is 9.47 Å². The fourth-order valence-electron chi connectivity index (χ4n) is 3.61. The van der Waals surface area contributed by atoms with E-state index in [-0.39, 0.29) is 12.4 Å². The SMILES string of the molecule is COc1ccc2ccc(OC(=O)CCc3c(C)nc4cc(C)nn4c3C)cc2c1. The van der Waals surface area contributed by atoms with Gasteiger partial charge in [0.2, 0.25) is 0 Å². The highest BCUT2D eigenvalue weighted by atomic mass is 16.5. The predicted molar refractivity (Wildman–Crippen MR) is 112 cm³/mol.